The molecule has 0 aliphatic rings. The Morgan fingerprint density at radius 2 is 2.13 bits per heavy atom. The van der Waals surface area contributed by atoms with Gasteiger partial charge in [-0.1, -0.05) is 12.1 Å². The second kappa shape index (κ2) is 4.14. The van der Waals surface area contributed by atoms with Crippen molar-refractivity contribution < 1.29 is 9.53 Å². The zero-order valence-electron chi connectivity index (χ0n) is 9.07. The van der Waals surface area contributed by atoms with E-state index in [4.69, 9.17) is 10.00 Å². The lowest BCUT2D eigenvalue weighted by atomic mass is 9.84. The predicted octanol–water partition coefficient (Wildman–Crippen LogP) is 2.01. The molecule has 0 heterocycles. The van der Waals surface area contributed by atoms with Gasteiger partial charge in [-0.2, -0.15) is 5.26 Å². The van der Waals surface area contributed by atoms with Crippen LogP contribution in [0.15, 0.2) is 24.3 Å². The Hall–Kier alpha value is -1.82. The van der Waals surface area contributed by atoms with E-state index < -0.39 is 5.41 Å². The van der Waals surface area contributed by atoms with Crippen molar-refractivity contribution in [1.82, 2.24) is 0 Å². The summed E-state index contributed by atoms with van der Waals surface area (Å²) < 4.78 is 4.72. The first-order valence-corrected chi connectivity index (χ1v) is 4.61. The predicted molar refractivity (Wildman–Crippen MR) is 56.2 cm³/mol. The van der Waals surface area contributed by atoms with Crippen LogP contribution in [0.25, 0.3) is 0 Å². The summed E-state index contributed by atoms with van der Waals surface area (Å²) in [5.41, 5.74) is 0.611. The number of carbonyl (C=O) groups excluding carboxylic acids is 1. The van der Waals surface area contributed by atoms with Crippen LogP contribution in [-0.4, -0.2) is 13.1 Å². The van der Waals surface area contributed by atoms with E-state index in [0.717, 1.165) is 5.56 Å². The summed E-state index contributed by atoms with van der Waals surface area (Å²) in [5.74, 6) is -0.308. The first-order valence-electron chi connectivity index (χ1n) is 4.61. The van der Waals surface area contributed by atoms with Crippen LogP contribution in [0.1, 0.15) is 25.0 Å². The molecule has 0 atom stereocenters. The molecule has 0 amide bonds. The molecule has 0 saturated carbocycles. The van der Waals surface area contributed by atoms with Crippen molar-refractivity contribution in [1.29, 1.82) is 5.26 Å². The molecular weight excluding hydrogens is 190 g/mol. The lowest BCUT2D eigenvalue weighted by molar-refractivity contribution is -0.146. The Kier molecular flexibility index (Phi) is 3.11. The molecule has 1 aromatic carbocycles. The first kappa shape index (κ1) is 11.3. The molecule has 0 bridgehead atoms. The van der Waals surface area contributed by atoms with Crippen molar-refractivity contribution >= 4 is 5.97 Å². The van der Waals surface area contributed by atoms with Gasteiger partial charge in [0.25, 0.3) is 0 Å². The van der Waals surface area contributed by atoms with Gasteiger partial charge in [0.05, 0.1) is 24.2 Å². The fourth-order valence-corrected chi connectivity index (χ4v) is 1.35. The molecule has 0 fully saturated rings. The summed E-state index contributed by atoms with van der Waals surface area (Å²) in [7, 11) is 1.36. The second-order valence-electron chi connectivity index (χ2n) is 3.81. The smallest absolute Gasteiger partial charge is 0.315 e. The van der Waals surface area contributed by atoms with E-state index in [2.05, 4.69) is 0 Å². The minimum absolute atomic E-state index is 0.308. The van der Waals surface area contributed by atoms with E-state index in [9.17, 15) is 4.79 Å². The highest BCUT2D eigenvalue weighted by molar-refractivity contribution is 5.82. The lowest BCUT2D eigenvalue weighted by Crippen LogP contribution is -2.30. The van der Waals surface area contributed by atoms with E-state index in [1.54, 1.807) is 32.0 Å². The fraction of sp³-hybridized carbons (Fsp3) is 0.333. The van der Waals surface area contributed by atoms with Crippen molar-refractivity contribution in [3.8, 4) is 6.07 Å². The van der Waals surface area contributed by atoms with Gasteiger partial charge in [0, 0.05) is 0 Å². The maximum Gasteiger partial charge on any atom is 0.315 e. The molecule has 3 nitrogen and oxygen atoms in total. The van der Waals surface area contributed by atoms with Gasteiger partial charge in [-0.15, -0.1) is 0 Å². The van der Waals surface area contributed by atoms with Crippen LogP contribution in [0.3, 0.4) is 0 Å². The fourth-order valence-electron chi connectivity index (χ4n) is 1.35. The molecule has 0 radical (unpaired) electrons. The van der Waals surface area contributed by atoms with Crippen molar-refractivity contribution in [3.05, 3.63) is 35.4 Å². The SMILES string of the molecule is COC(=O)C(C)(C)c1cccc(C#N)c1. The molecule has 78 valence electrons. The quantitative estimate of drug-likeness (QED) is 0.691. The summed E-state index contributed by atoms with van der Waals surface area (Å²) in [6, 6.07) is 9.03. The molecule has 3 heteroatoms. The minimum Gasteiger partial charge on any atom is -0.468 e. The molecule has 0 N–H and O–H groups in total. The number of nitriles is 1. The van der Waals surface area contributed by atoms with Gasteiger partial charge in [-0.05, 0) is 31.5 Å². The van der Waals surface area contributed by atoms with Crippen LogP contribution < -0.4 is 0 Å². The zero-order valence-corrected chi connectivity index (χ0v) is 9.07. The van der Waals surface area contributed by atoms with Gasteiger partial charge in [0.2, 0.25) is 0 Å². The molecule has 0 aliphatic heterocycles. The number of esters is 1. The third-order valence-electron chi connectivity index (χ3n) is 2.41. The summed E-state index contributed by atoms with van der Waals surface area (Å²) in [6.45, 7) is 3.55. The Morgan fingerprint density at radius 3 is 2.67 bits per heavy atom. The van der Waals surface area contributed by atoms with E-state index in [0.29, 0.717) is 5.56 Å². The van der Waals surface area contributed by atoms with Gasteiger partial charge >= 0.3 is 5.97 Å². The average Bonchev–Trinajstić information content (AvgIpc) is 2.27. The molecule has 0 spiro atoms. The molecule has 0 unspecified atom stereocenters. The monoisotopic (exact) mass is 203 g/mol. The number of ether oxygens (including phenoxy) is 1. The normalized spacial score (nSPS) is 10.5. The maximum absolute atomic E-state index is 11.5. The average molecular weight is 203 g/mol. The number of carbonyl (C=O) groups is 1. The second-order valence-corrected chi connectivity index (χ2v) is 3.81. The first-order chi connectivity index (χ1) is 7.02. The van der Waals surface area contributed by atoms with Crippen molar-refractivity contribution in [2.75, 3.05) is 7.11 Å². The highest BCUT2D eigenvalue weighted by Crippen LogP contribution is 2.25. The third kappa shape index (κ3) is 2.16. The van der Waals surface area contributed by atoms with Crippen LogP contribution >= 0.6 is 0 Å². The van der Waals surface area contributed by atoms with Crippen LogP contribution in [0.4, 0.5) is 0 Å². The van der Waals surface area contributed by atoms with Crippen LogP contribution in [0.5, 0.6) is 0 Å². The highest BCUT2D eigenvalue weighted by atomic mass is 16.5. The molecule has 0 saturated heterocycles. The van der Waals surface area contributed by atoms with Crippen molar-refractivity contribution in [2.45, 2.75) is 19.3 Å². The number of benzene rings is 1. The Morgan fingerprint density at radius 1 is 1.47 bits per heavy atom. The number of methoxy groups -OCH3 is 1. The van der Waals surface area contributed by atoms with Crippen molar-refractivity contribution in [2.24, 2.45) is 0 Å². The third-order valence-corrected chi connectivity index (χ3v) is 2.41. The molecule has 1 aromatic rings. The van der Waals surface area contributed by atoms with Gasteiger partial charge in [0.1, 0.15) is 0 Å². The van der Waals surface area contributed by atoms with Gasteiger partial charge in [0.15, 0.2) is 0 Å². The largest absolute Gasteiger partial charge is 0.468 e. The van der Waals surface area contributed by atoms with Crippen LogP contribution in [0.2, 0.25) is 0 Å². The van der Waals surface area contributed by atoms with E-state index in [-0.39, 0.29) is 5.97 Å². The highest BCUT2D eigenvalue weighted by Gasteiger charge is 2.30. The van der Waals surface area contributed by atoms with Gasteiger partial charge in [-0.25, -0.2) is 0 Å². The Labute approximate surface area is 89.3 Å². The van der Waals surface area contributed by atoms with E-state index in [1.807, 2.05) is 12.1 Å². The minimum atomic E-state index is -0.721. The summed E-state index contributed by atoms with van der Waals surface area (Å²) in [4.78, 5) is 11.5. The van der Waals surface area contributed by atoms with E-state index in [1.165, 1.54) is 7.11 Å². The van der Waals surface area contributed by atoms with Crippen LogP contribution in [-0.2, 0) is 14.9 Å². The van der Waals surface area contributed by atoms with Crippen LogP contribution in [0, 0.1) is 11.3 Å². The summed E-state index contributed by atoms with van der Waals surface area (Å²) in [5, 5.41) is 8.76. The lowest BCUT2D eigenvalue weighted by Gasteiger charge is -2.21. The topological polar surface area (TPSA) is 50.1 Å². The molecular formula is C12H13NO2. The number of nitrogens with zero attached hydrogens (tertiary/aromatic N) is 1. The summed E-state index contributed by atoms with van der Waals surface area (Å²) >= 11 is 0. The standard InChI is InChI=1S/C12H13NO2/c1-12(2,11(14)15-3)10-6-4-5-9(7-10)8-13/h4-7H,1-3H3. The molecule has 15 heavy (non-hydrogen) atoms. The van der Waals surface area contributed by atoms with Crippen molar-refractivity contribution in [3.63, 3.8) is 0 Å². The number of hydrogen-bond acceptors (Lipinski definition) is 3. The molecule has 0 aromatic heterocycles. The zero-order chi connectivity index (χ0) is 11.5. The van der Waals surface area contributed by atoms with Gasteiger partial charge in [-0.3, -0.25) is 4.79 Å². The Balaban J connectivity index is 3.16. The van der Waals surface area contributed by atoms with Gasteiger partial charge < -0.3 is 4.74 Å². The Bertz CT molecular complexity index is 416. The summed E-state index contributed by atoms with van der Waals surface area (Å²) in [6.07, 6.45) is 0. The number of hydrogen-bond donors (Lipinski definition) is 0. The molecule has 1 rings (SSSR count). The van der Waals surface area contributed by atoms with E-state index >= 15 is 0 Å². The number of rotatable bonds is 2. The maximum atomic E-state index is 11.5. The molecule has 0 aliphatic carbocycles.